The Labute approximate surface area is 150 Å². The maximum atomic E-state index is 5.68. The average Bonchev–Trinajstić information content (AvgIpc) is 2.72. The van der Waals surface area contributed by atoms with Crippen molar-refractivity contribution in [3.05, 3.63) is 91.0 Å². The van der Waals surface area contributed by atoms with E-state index in [1.165, 1.54) is 15.9 Å². The standard InChI is InChI=1S/C22H24NOP/c1-4-10-20(11-5-1)25(21-12-6-2-7-13-21,22-14-8-3-9-15-22)23-16-18-24-19-17-23/h1-15,25H,16-19H2. The van der Waals surface area contributed by atoms with Gasteiger partial charge < -0.3 is 0 Å². The van der Waals surface area contributed by atoms with E-state index in [1.54, 1.807) is 0 Å². The zero-order chi connectivity index (χ0) is 17.0. The van der Waals surface area contributed by atoms with Gasteiger partial charge in [0.15, 0.2) is 0 Å². The molecule has 0 aliphatic carbocycles. The Morgan fingerprint density at radius 1 is 0.560 bits per heavy atom. The van der Waals surface area contributed by atoms with Gasteiger partial charge in [-0.25, -0.2) is 0 Å². The molecule has 25 heavy (non-hydrogen) atoms. The van der Waals surface area contributed by atoms with Gasteiger partial charge in [-0.3, -0.25) is 0 Å². The summed E-state index contributed by atoms with van der Waals surface area (Å²) in [5.74, 6) is 0. The first-order valence-electron chi connectivity index (χ1n) is 8.92. The van der Waals surface area contributed by atoms with Crippen LogP contribution in [-0.4, -0.2) is 31.0 Å². The van der Waals surface area contributed by atoms with Crippen molar-refractivity contribution in [1.82, 2.24) is 4.67 Å². The van der Waals surface area contributed by atoms with Crippen LogP contribution < -0.4 is 15.9 Å². The second-order valence-electron chi connectivity index (χ2n) is 6.41. The Balaban J connectivity index is 2.01. The molecule has 0 spiro atoms. The maximum absolute atomic E-state index is 5.68. The summed E-state index contributed by atoms with van der Waals surface area (Å²) in [4.78, 5) is 0. The SMILES string of the molecule is c1ccc([PH](c2ccccc2)(c2ccccc2)N2CCOCC2)cc1. The molecule has 2 nitrogen and oxygen atoms in total. The predicted molar refractivity (Wildman–Crippen MR) is 109 cm³/mol. The molecule has 3 aromatic rings. The fourth-order valence-corrected chi connectivity index (χ4v) is 8.96. The molecule has 0 unspecified atom stereocenters. The van der Waals surface area contributed by atoms with Crippen LogP contribution in [0.1, 0.15) is 0 Å². The predicted octanol–water partition coefficient (Wildman–Crippen LogP) is 2.96. The van der Waals surface area contributed by atoms with Gasteiger partial charge in [0.1, 0.15) is 0 Å². The number of hydrogen-bond donors (Lipinski definition) is 0. The first-order chi connectivity index (χ1) is 12.4. The van der Waals surface area contributed by atoms with Gasteiger partial charge in [-0.05, 0) is 0 Å². The van der Waals surface area contributed by atoms with Gasteiger partial charge in [-0.1, -0.05) is 0 Å². The Bertz CT molecular complexity index is 689. The van der Waals surface area contributed by atoms with Crippen LogP contribution in [0.15, 0.2) is 91.0 Å². The Morgan fingerprint density at radius 3 is 1.28 bits per heavy atom. The van der Waals surface area contributed by atoms with E-state index in [2.05, 4.69) is 95.7 Å². The van der Waals surface area contributed by atoms with E-state index >= 15 is 0 Å². The normalized spacial score (nSPS) is 16.5. The van der Waals surface area contributed by atoms with Crippen molar-refractivity contribution in [2.24, 2.45) is 0 Å². The van der Waals surface area contributed by atoms with Crippen LogP contribution in [0.4, 0.5) is 0 Å². The molecule has 0 radical (unpaired) electrons. The third-order valence-electron chi connectivity index (χ3n) is 5.06. The first-order valence-corrected chi connectivity index (χ1v) is 10.9. The molecule has 0 saturated carbocycles. The average molecular weight is 349 g/mol. The molecular formula is C22H24NOP. The molecule has 0 N–H and O–H groups in total. The van der Waals surface area contributed by atoms with Gasteiger partial charge in [0.05, 0.1) is 0 Å². The summed E-state index contributed by atoms with van der Waals surface area (Å²) < 4.78 is 8.39. The summed E-state index contributed by atoms with van der Waals surface area (Å²) in [5, 5.41) is 4.32. The van der Waals surface area contributed by atoms with Crippen LogP contribution in [0.5, 0.6) is 0 Å². The molecule has 3 heteroatoms. The van der Waals surface area contributed by atoms with Crippen molar-refractivity contribution in [2.75, 3.05) is 26.3 Å². The number of ether oxygens (including phenoxy) is 1. The van der Waals surface area contributed by atoms with Crippen LogP contribution >= 0.6 is 7.41 Å². The molecule has 4 rings (SSSR count). The van der Waals surface area contributed by atoms with Gasteiger partial charge >= 0.3 is 150 Å². The minimum absolute atomic E-state index is 0.807. The number of benzene rings is 3. The van der Waals surface area contributed by atoms with E-state index in [-0.39, 0.29) is 0 Å². The molecule has 0 amide bonds. The van der Waals surface area contributed by atoms with E-state index < -0.39 is 7.41 Å². The number of rotatable bonds is 4. The summed E-state index contributed by atoms with van der Waals surface area (Å²) in [5.41, 5.74) is 0. The molecule has 128 valence electrons. The number of nitrogens with zero attached hydrogens (tertiary/aromatic N) is 1. The fourth-order valence-electron chi connectivity index (χ4n) is 3.98. The number of morpholine rings is 1. The molecule has 1 fully saturated rings. The Morgan fingerprint density at radius 2 is 0.920 bits per heavy atom. The molecular weight excluding hydrogens is 325 g/mol. The monoisotopic (exact) mass is 349 g/mol. The van der Waals surface area contributed by atoms with Crippen molar-refractivity contribution in [2.45, 2.75) is 0 Å². The van der Waals surface area contributed by atoms with E-state index in [9.17, 15) is 0 Å². The summed E-state index contributed by atoms with van der Waals surface area (Å²) >= 11 is 0. The minimum atomic E-state index is -2.27. The fraction of sp³-hybridized carbons (Fsp3) is 0.182. The van der Waals surface area contributed by atoms with Crippen molar-refractivity contribution in [1.29, 1.82) is 0 Å². The van der Waals surface area contributed by atoms with Crippen molar-refractivity contribution < 1.29 is 4.74 Å². The van der Waals surface area contributed by atoms with Gasteiger partial charge in [-0.2, -0.15) is 0 Å². The van der Waals surface area contributed by atoms with Crippen LogP contribution in [0, 0.1) is 0 Å². The molecule has 0 aromatic heterocycles. The topological polar surface area (TPSA) is 12.5 Å². The molecule has 3 aromatic carbocycles. The molecule has 0 atom stereocenters. The molecule has 1 saturated heterocycles. The third kappa shape index (κ3) is 3.02. The van der Waals surface area contributed by atoms with E-state index in [4.69, 9.17) is 4.74 Å². The zero-order valence-corrected chi connectivity index (χ0v) is 15.3. The van der Waals surface area contributed by atoms with Gasteiger partial charge in [-0.15, -0.1) is 0 Å². The molecule has 1 aliphatic rings. The Kier molecular flexibility index (Phi) is 4.94. The van der Waals surface area contributed by atoms with Crippen molar-refractivity contribution >= 4 is 23.3 Å². The first kappa shape index (κ1) is 16.5. The second-order valence-corrected chi connectivity index (χ2v) is 10.2. The summed E-state index contributed by atoms with van der Waals surface area (Å²) in [6.07, 6.45) is 0. The van der Waals surface area contributed by atoms with E-state index in [0.29, 0.717) is 0 Å². The van der Waals surface area contributed by atoms with Gasteiger partial charge in [0.25, 0.3) is 0 Å². The number of hydrogen-bond acceptors (Lipinski definition) is 2. The zero-order valence-electron chi connectivity index (χ0n) is 14.3. The van der Waals surface area contributed by atoms with Gasteiger partial charge in [0.2, 0.25) is 0 Å². The molecule has 1 aliphatic heterocycles. The summed E-state index contributed by atoms with van der Waals surface area (Å²) in [6.45, 7) is 3.57. The Hall–Kier alpha value is -1.99. The third-order valence-corrected chi connectivity index (χ3v) is 9.96. The van der Waals surface area contributed by atoms with E-state index in [1.807, 2.05) is 0 Å². The van der Waals surface area contributed by atoms with Crippen LogP contribution in [0.2, 0.25) is 0 Å². The van der Waals surface area contributed by atoms with E-state index in [0.717, 1.165) is 26.3 Å². The summed E-state index contributed by atoms with van der Waals surface area (Å²) in [6, 6.07) is 33.2. The van der Waals surface area contributed by atoms with Crippen LogP contribution in [0.3, 0.4) is 0 Å². The van der Waals surface area contributed by atoms with Crippen LogP contribution in [0.25, 0.3) is 0 Å². The molecule has 1 heterocycles. The van der Waals surface area contributed by atoms with Crippen LogP contribution in [-0.2, 0) is 4.74 Å². The van der Waals surface area contributed by atoms with Crippen molar-refractivity contribution in [3.8, 4) is 0 Å². The summed E-state index contributed by atoms with van der Waals surface area (Å²) in [7, 11) is -2.27. The molecule has 0 bridgehead atoms. The van der Waals surface area contributed by atoms with Gasteiger partial charge in [0, 0.05) is 0 Å². The second kappa shape index (κ2) is 7.49. The van der Waals surface area contributed by atoms with Crippen molar-refractivity contribution in [3.63, 3.8) is 0 Å². The quantitative estimate of drug-likeness (QED) is 0.672.